The summed E-state index contributed by atoms with van der Waals surface area (Å²) in [6, 6.07) is 8.46. The van der Waals surface area contributed by atoms with E-state index in [0.717, 1.165) is 28.9 Å². The predicted molar refractivity (Wildman–Crippen MR) is 84.8 cm³/mol. The number of halogens is 1. The van der Waals surface area contributed by atoms with Crippen LogP contribution in [0.3, 0.4) is 0 Å². The number of nitrogens with zero attached hydrogens (tertiary/aromatic N) is 3. The number of hydrogen-bond acceptors (Lipinski definition) is 2. The van der Waals surface area contributed by atoms with E-state index < -0.39 is 0 Å². The van der Waals surface area contributed by atoms with E-state index in [1.165, 1.54) is 12.1 Å². The summed E-state index contributed by atoms with van der Waals surface area (Å²) < 4.78 is 15.3. The SMILES string of the molecule is Cc1cn2cc(C(=O)N3CCc4ccc(F)cc4C3)ccc2n1. The molecule has 0 fully saturated rings. The molecule has 3 aromatic rings. The molecule has 0 N–H and O–H groups in total. The maximum absolute atomic E-state index is 13.4. The first-order valence-electron chi connectivity index (χ1n) is 7.62. The number of hydrogen-bond donors (Lipinski definition) is 0. The van der Waals surface area contributed by atoms with Crippen molar-refractivity contribution in [3.63, 3.8) is 0 Å². The standard InChI is InChI=1S/C18H16FN3O/c1-12-9-22-10-14(3-5-17(22)20-12)18(23)21-7-6-13-2-4-16(19)8-15(13)11-21/h2-5,8-10H,6-7,11H2,1H3. The molecule has 0 unspecified atom stereocenters. The minimum absolute atomic E-state index is 0.0341. The van der Waals surface area contributed by atoms with E-state index in [4.69, 9.17) is 0 Å². The second-order valence-electron chi connectivity index (χ2n) is 5.96. The normalized spacial score (nSPS) is 14.1. The molecule has 0 radical (unpaired) electrons. The second-order valence-corrected chi connectivity index (χ2v) is 5.96. The van der Waals surface area contributed by atoms with Gasteiger partial charge >= 0.3 is 0 Å². The Balaban J connectivity index is 1.63. The van der Waals surface area contributed by atoms with E-state index in [2.05, 4.69) is 4.98 Å². The molecule has 4 rings (SSSR count). The first kappa shape index (κ1) is 13.9. The van der Waals surface area contributed by atoms with Gasteiger partial charge in [0, 0.05) is 25.5 Å². The summed E-state index contributed by atoms with van der Waals surface area (Å²) in [5, 5.41) is 0. The molecule has 23 heavy (non-hydrogen) atoms. The van der Waals surface area contributed by atoms with Gasteiger partial charge in [-0.1, -0.05) is 6.07 Å². The number of aromatic nitrogens is 2. The molecular formula is C18H16FN3O. The van der Waals surface area contributed by atoms with Crippen LogP contribution in [-0.4, -0.2) is 26.7 Å². The van der Waals surface area contributed by atoms with Crippen LogP contribution >= 0.6 is 0 Å². The van der Waals surface area contributed by atoms with Crippen molar-refractivity contribution in [2.45, 2.75) is 19.9 Å². The van der Waals surface area contributed by atoms with Crippen molar-refractivity contribution in [1.29, 1.82) is 0 Å². The number of fused-ring (bicyclic) bond motifs is 2. The highest BCUT2D eigenvalue weighted by molar-refractivity contribution is 5.94. The number of imidazole rings is 1. The third-order valence-corrected chi connectivity index (χ3v) is 4.29. The quantitative estimate of drug-likeness (QED) is 0.693. The van der Waals surface area contributed by atoms with Gasteiger partial charge in [-0.05, 0) is 48.7 Å². The van der Waals surface area contributed by atoms with Gasteiger partial charge in [0.05, 0.1) is 11.3 Å². The summed E-state index contributed by atoms with van der Waals surface area (Å²) in [7, 11) is 0. The maximum atomic E-state index is 13.4. The van der Waals surface area contributed by atoms with Crippen molar-refractivity contribution in [2.24, 2.45) is 0 Å². The number of aryl methyl sites for hydroxylation is 1. The fraction of sp³-hybridized carbons (Fsp3) is 0.222. The van der Waals surface area contributed by atoms with E-state index in [0.29, 0.717) is 18.7 Å². The lowest BCUT2D eigenvalue weighted by Crippen LogP contribution is -2.36. The summed E-state index contributed by atoms with van der Waals surface area (Å²) >= 11 is 0. The van der Waals surface area contributed by atoms with Gasteiger partial charge in [0.15, 0.2) is 0 Å². The lowest BCUT2D eigenvalue weighted by atomic mass is 9.99. The Morgan fingerprint density at radius 1 is 1.17 bits per heavy atom. The molecule has 2 aromatic heterocycles. The average Bonchev–Trinajstić information content (AvgIpc) is 2.92. The Labute approximate surface area is 133 Å². The molecule has 0 saturated heterocycles. The summed E-state index contributed by atoms with van der Waals surface area (Å²) in [6.07, 6.45) is 4.46. The molecular weight excluding hydrogens is 293 g/mol. The fourth-order valence-corrected chi connectivity index (χ4v) is 3.13. The van der Waals surface area contributed by atoms with Crippen LogP contribution in [-0.2, 0) is 13.0 Å². The topological polar surface area (TPSA) is 37.6 Å². The molecule has 5 heteroatoms. The molecule has 4 nitrogen and oxygen atoms in total. The maximum Gasteiger partial charge on any atom is 0.255 e. The van der Waals surface area contributed by atoms with Crippen molar-refractivity contribution < 1.29 is 9.18 Å². The zero-order valence-electron chi connectivity index (χ0n) is 12.8. The molecule has 0 saturated carbocycles. The molecule has 0 spiro atoms. The molecule has 1 amide bonds. The summed E-state index contributed by atoms with van der Waals surface area (Å²) in [5.41, 5.74) is 4.37. The molecule has 1 aliphatic rings. The van der Waals surface area contributed by atoms with Crippen molar-refractivity contribution in [3.8, 4) is 0 Å². The molecule has 0 atom stereocenters. The third-order valence-electron chi connectivity index (χ3n) is 4.29. The van der Waals surface area contributed by atoms with Crippen LogP contribution in [0.2, 0.25) is 0 Å². The van der Waals surface area contributed by atoms with Crippen LogP contribution in [0.4, 0.5) is 4.39 Å². The van der Waals surface area contributed by atoms with Gasteiger partial charge in [0.2, 0.25) is 0 Å². The largest absolute Gasteiger partial charge is 0.334 e. The number of carbonyl (C=O) groups excluding carboxylic acids is 1. The summed E-state index contributed by atoms with van der Waals surface area (Å²) in [5.74, 6) is -0.290. The van der Waals surface area contributed by atoms with Crippen LogP contribution in [0.25, 0.3) is 5.65 Å². The van der Waals surface area contributed by atoms with Gasteiger partial charge < -0.3 is 9.30 Å². The van der Waals surface area contributed by atoms with Crippen LogP contribution in [0.15, 0.2) is 42.7 Å². The molecule has 1 aliphatic heterocycles. The zero-order chi connectivity index (χ0) is 16.0. The first-order chi connectivity index (χ1) is 11.1. The van der Waals surface area contributed by atoms with E-state index in [1.54, 1.807) is 17.2 Å². The zero-order valence-corrected chi connectivity index (χ0v) is 12.8. The Hall–Kier alpha value is -2.69. The Kier molecular flexibility index (Phi) is 3.15. The monoisotopic (exact) mass is 309 g/mol. The first-order valence-corrected chi connectivity index (χ1v) is 7.62. The molecule has 116 valence electrons. The van der Waals surface area contributed by atoms with Crippen LogP contribution in [0.1, 0.15) is 27.2 Å². The van der Waals surface area contributed by atoms with Gasteiger partial charge in [0.1, 0.15) is 11.5 Å². The molecule has 3 heterocycles. The number of rotatable bonds is 1. The van der Waals surface area contributed by atoms with E-state index in [1.807, 2.05) is 29.7 Å². The predicted octanol–water partition coefficient (Wildman–Crippen LogP) is 2.98. The number of carbonyl (C=O) groups is 1. The molecule has 1 aromatic carbocycles. The van der Waals surface area contributed by atoms with Gasteiger partial charge in [-0.15, -0.1) is 0 Å². The summed E-state index contributed by atoms with van der Waals surface area (Å²) in [4.78, 5) is 18.9. The van der Waals surface area contributed by atoms with Crippen molar-refractivity contribution >= 4 is 11.6 Å². The van der Waals surface area contributed by atoms with E-state index in [-0.39, 0.29) is 11.7 Å². The van der Waals surface area contributed by atoms with Crippen LogP contribution < -0.4 is 0 Å². The Morgan fingerprint density at radius 2 is 2.04 bits per heavy atom. The number of pyridine rings is 1. The van der Waals surface area contributed by atoms with Gasteiger partial charge in [-0.2, -0.15) is 0 Å². The highest BCUT2D eigenvalue weighted by Gasteiger charge is 2.22. The van der Waals surface area contributed by atoms with Crippen molar-refractivity contribution in [3.05, 3.63) is 70.9 Å². The fourth-order valence-electron chi connectivity index (χ4n) is 3.13. The van der Waals surface area contributed by atoms with Crippen molar-refractivity contribution in [1.82, 2.24) is 14.3 Å². The van der Waals surface area contributed by atoms with E-state index >= 15 is 0 Å². The lowest BCUT2D eigenvalue weighted by molar-refractivity contribution is 0.0734. The third kappa shape index (κ3) is 2.48. The highest BCUT2D eigenvalue weighted by atomic mass is 19.1. The molecule has 0 bridgehead atoms. The number of amides is 1. The van der Waals surface area contributed by atoms with Gasteiger partial charge in [-0.3, -0.25) is 4.79 Å². The average molecular weight is 309 g/mol. The minimum atomic E-state index is -0.256. The number of benzene rings is 1. The lowest BCUT2D eigenvalue weighted by Gasteiger charge is -2.29. The van der Waals surface area contributed by atoms with Crippen LogP contribution in [0.5, 0.6) is 0 Å². The minimum Gasteiger partial charge on any atom is -0.334 e. The molecule has 0 aliphatic carbocycles. The smallest absolute Gasteiger partial charge is 0.255 e. The highest BCUT2D eigenvalue weighted by Crippen LogP contribution is 2.21. The summed E-state index contributed by atoms with van der Waals surface area (Å²) in [6.45, 7) is 3.02. The van der Waals surface area contributed by atoms with Crippen LogP contribution in [0, 0.1) is 12.7 Å². The van der Waals surface area contributed by atoms with Gasteiger partial charge in [0.25, 0.3) is 5.91 Å². The Bertz CT molecular complexity index is 916. The Morgan fingerprint density at radius 3 is 2.91 bits per heavy atom. The van der Waals surface area contributed by atoms with Gasteiger partial charge in [-0.25, -0.2) is 9.37 Å². The van der Waals surface area contributed by atoms with Crippen molar-refractivity contribution in [2.75, 3.05) is 6.54 Å². The second kappa shape index (κ2) is 5.19. The van der Waals surface area contributed by atoms with E-state index in [9.17, 15) is 9.18 Å².